The van der Waals surface area contributed by atoms with Gasteiger partial charge in [-0.3, -0.25) is 4.98 Å². The summed E-state index contributed by atoms with van der Waals surface area (Å²) in [4.78, 5) is 4.16. The van der Waals surface area contributed by atoms with E-state index in [-0.39, 0.29) is 5.54 Å². The Hall–Kier alpha value is -1.09. The largest absolute Gasteiger partial charge is 0.397 e. The highest BCUT2D eigenvalue weighted by atomic mass is 14.9. The molecule has 11 heavy (non-hydrogen) atoms. The van der Waals surface area contributed by atoms with Gasteiger partial charge in [0.1, 0.15) is 0 Å². The van der Waals surface area contributed by atoms with E-state index in [0.29, 0.717) is 5.69 Å². The van der Waals surface area contributed by atoms with Crippen LogP contribution in [0.5, 0.6) is 0 Å². The fraction of sp³-hybridized carbons (Fsp3) is 0.375. The van der Waals surface area contributed by atoms with Gasteiger partial charge in [-0.05, 0) is 25.0 Å². The second-order valence-electron chi connectivity index (χ2n) is 3.13. The lowest BCUT2D eigenvalue weighted by Gasteiger charge is -2.06. The molecule has 0 saturated heterocycles. The molecule has 0 atom stereocenters. The van der Waals surface area contributed by atoms with Crippen molar-refractivity contribution in [3.8, 4) is 0 Å². The predicted octanol–water partition coefficient (Wildman–Crippen LogP) is 0.612. The van der Waals surface area contributed by atoms with Crippen molar-refractivity contribution in [1.82, 2.24) is 4.98 Å². The summed E-state index contributed by atoms with van der Waals surface area (Å²) in [5.41, 5.74) is 12.9. The minimum Gasteiger partial charge on any atom is -0.397 e. The number of nitrogens with two attached hydrogens (primary N) is 2. The van der Waals surface area contributed by atoms with Crippen LogP contribution >= 0.6 is 0 Å². The van der Waals surface area contributed by atoms with Crippen molar-refractivity contribution in [2.24, 2.45) is 5.73 Å². The van der Waals surface area contributed by atoms with Gasteiger partial charge < -0.3 is 11.5 Å². The van der Waals surface area contributed by atoms with Crippen molar-refractivity contribution in [2.45, 2.75) is 18.4 Å². The molecule has 0 aromatic carbocycles. The lowest BCUT2D eigenvalue weighted by Crippen LogP contribution is -2.20. The van der Waals surface area contributed by atoms with E-state index >= 15 is 0 Å². The minimum absolute atomic E-state index is 0.131. The third-order valence-electron chi connectivity index (χ3n) is 2.09. The van der Waals surface area contributed by atoms with E-state index in [2.05, 4.69) is 4.98 Å². The smallest absolute Gasteiger partial charge is 0.0604 e. The van der Waals surface area contributed by atoms with Crippen molar-refractivity contribution in [3.05, 3.63) is 24.0 Å². The monoisotopic (exact) mass is 149 g/mol. The topological polar surface area (TPSA) is 64.9 Å². The first-order chi connectivity index (χ1) is 5.21. The standard InChI is InChI=1S/C8H11N3/c9-6-1-2-7(11-5-6)8(10)3-4-8/h1-2,5H,3-4,9-10H2. The maximum atomic E-state index is 5.91. The highest BCUT2D eigenvalue weighted by Crippen LogP contribution is 2.41. The Morgan fingerprint density at radius 3 is 2.55 bits per heavy atom. The van der Waals surface area contributed by atoms with Crippen LogP contribution in [0.2, 0.25) is 0 Å². The fourth-order valence-electron chi connectivity index (χ4n) is 1.09. The van der Waals surface area contributed by atoms with Crippen LogP contribution in [-0.2, 0) is 5.54 Å². The van der Waals surface area contributed by atoms with Crippen molar-refractivity contribution in [3.63, 3.8) is 0 Å². The van der Waals surface area contributed by atoms with Gasteiger partial charge in [0.2, 0.25) is 0 Å². The number of aromatic nitrogens is 1. The molecule has 0 bridgehead atoms. The van der Waals surface area contributed by atoms with Gasteiger partial charge in [0.15, 0.2) is 0 Å². The van der Waals surface area contributed by atoms with Crippen molar-refractivity contribution in [1.29, 1.82) is 0 Å². The maximum absolute atomic E-state index is 5.91. The average Bonchev–Trinajstić information content (AvgIpc) is 2.70. The Bertz CT molecular complexity index is 261. The molecule has 2 rings (SSSR count). The van der Waals surface area contributed by atoms with Crippen LogP contribution in [-0.4, -0.2) is 4.98 Å². The molecule has 1 saturated carbocycles. The molecule has 0 aliphatic heterocycles. The number of nitrogen functional groups attached to an aromatic ring is 1. The summed E-state index contributed by atoms with van der Waals surface area (Å²) in [6.07, 6.45) is 3.75. The summed E-state index contributed by atoms with van der Waals surface area (Å²) in [6, 6.07) is 3.75. The van der Waals surface area contributed by atoms with Gasteiger partial charge in [-0.2, -0.15) is 0 Å². The lowest BCUT2D eigenvalue weighted by molar-refractivity contribution is 0.708. The molecular weight excluding hydrogens is 138 g/mol. The number of nitrogens with zero attached hydrogens (tertiary/aromatic N) is 1. The van der Waals surface area contributed by atoms with Gasteiger partial charge in [-0.25, -0.2) is 0 Å². The molecule has 4 N–H and O–H groups in total. The van der Waals surface area contributed by atoms with E-state index in [1.165, 1.54) is 0 Å². The number of pyridine rings is 1. The zero-order valence-corrected chi connectivity index (χ0v) is 6.25. The van der Waals surface area contributed by atoms with Gasteiger partial charge in [0, 0.05) is 0 Å². The van der Waals surface area contributed by atoms with E-state index in [4.69, 9.17) is 11.5 Å². The van der Waals surface area contributed by atoms with Crippen LogP contribution in [0.3, 0.4) is 0 Å². The normalized spacial score (nSPS) is 19.7. The SMILES string of the molecule is Nc1ccc(C2(N)CC2)nc1. The Labute approximate surface area is 65.4 Å². The molecule has 0 amide bonds. The first-order valence-electron chi connectivity index (χ1n) is 3.72. The summed E-state index contributed by atoms with van der Waals surface area (Å²) in [6.45, 7) is 0. The molecule has 0 unspecified atom stereocenters. The number of hydrogen-bond donors (Lipinski definition) is 2. The summed E-state index contributed by atoms with van der Waals surface area (Å²) in [5, 5.41) is 0. The Balaban J connectivity index is 2.33. The van der Waals surface area contributed by atoms with Crippen LogP contribution in [0.1, 0.15) is 18.5 Å². The summed E-state index contributed by atoms with van der Waals surface area (Å²) in [7, 11) is 0. The van der Waals surface area contributed by atoms with Gasteiger partial charge in [-0.15, -0.1) is 0 Å². The molecule has 3 nitrogen and oxygen atoms in total. The van der Waals surface area contributed by atoms with E-state index in [1.54, 1.807) is 6.20 Å². The highest BCUT2D eigenvalue weighted by Gasteiger charge is 2.41. The van der Waals surface area contributed by atoms with E-state index in [1.807, 2.05) is 12.1 Å². The second-order valence-corrected chi connectivity index (χ2v) is 3.13. The number of hydrogen-bond acceptors (Lipinski definition) is 3. The number of rotatable bonds is 1. The van der Waals surface area contributed by atoms with Crippen LogP contribution < -0.4 is 11.5 Å². The van der Waals surface area contributed by atoms with Crippen LogP contribution in [0.4, 0.5) is 5.69 Å². The van der Waals surface area contributed by atoms with Crippen LogP contribution in [0, 0.1) is 0 Å². The molecule has 1 fully saturated rings. The fourth-order valence-corrected chi connectivity index (χ4v) is 1.09. The molecule has 1 heterocycles. The Kier molecular flexibility index (Phi) is 1.17. The number of anilines is 1. The van der Waals surface area contributed by atoms with E-state index in [0.717, 1.165) is 18.5 Å². The predicted molar refractivity (Wildman–Crippen MR) is 43.7 cm³/mol. The minimum atomic E-state index is -0.131. The van der Waals surface area contributed by atoms with Crippen molar-refractivity contribution < 1.29 is 0 Å². The third-order valence-corrected chi connectivity index (χ3v) is 2.09. The quantitative estimate of drug-likeness (QED) is 0.615. The van der Waals surface area contributed by atoms with Gasteiger partial charge in [0.05, 0.1) is 23.1 Å². The van der Waals surface area contributed by atoms with E-state index < -0.39 is 0 Å². The molecule has 58 valence electrons. The molecule has 1 aliphatic rings. The van der Waals surface area contributed by atoms with Gasteiger partial charge >= 0.3 is 0 Å². The summed E-state index contributed by atoms with van der Waals surface area (Å²) >= 11 is 0. The Morgan fingerprint density at radius 2 is 2.09 bits per heavy atom. The lowest BCUT2D eigenvalue weighted by atomic mass is 10.2. The van der Waals surface area contributed by atoms with E-state index in [9.17, 15) is 0 Å². The zero-order valence-electron chi connectivity index (χ0n) is 6.25. The second kappa shape index (κ2) is 1.95. The molecule has 1 aliphatic carbocycles. The maximum Gasteiger partial charge on any atom is 0.0604 e. The molecule has 0 radical (unpaired) electrons. The summed E-state index contributed by atoms with van der Waals surface area (Å²) in [5.74, 6) is 0. The Morgan fingerprint density at radius 1 is 1.36 bits per heavy atom. The molecule has 0 spiro atoms. The third kappa shape index (κ3) is 1.07. The average molecular weight is 149 g/mol. The van der Waals surface area contributed by atoms with Crippen LogP contribution in [0.25, 0.3) is 0 Å². The molecule has 1 aromatic heterocycles. The van der Waals surface area contributed by atoms with Gasteiger partial charge in [-0.1, -0.05) is 0 Å². The first kappa shape index (κ1) is 6.61. The molecule has 3 heteroatoms. The van der Waals surface area contributed by atoms with Gasteiger partial charge in [0.25, 0.3) is 0 Å². The van der Waals surface area contributed by atoms with Crippen molar-refractivity contribution >= 4 is 5.69 Å². The highest BCUT2D eigenvalue weighted by molar-refractivity contribution is 5.37. The van der Waals surface area contributed by atoms with Crippen LogP contribution in [0.15, 0.2) is 18.3 Å². The van der Waals surface area contributed by atoms with Crippen molar-refractivity contribution in [2.75, 3.05) is 5.73 Å². The zero-order chi connectivity index (χ0) is 7.90. The summed E-state index contributed by atoms with van der Waals surface area (Å²) < 4.78 is 0. The molecule has 1 aromatic rings. The molecular formula is C8H11N3. The first-order valence-corrected chi connectivity index (χ1v) is 3.72.